The molecule has 1 saturated carbocycles. The van der Waals surface area contributed by atoms with Crippen molar-refractivity contribution >= 4 is 17.5 Å². The molecule has 0 spiro atoms. The first-order valence-corrected chi connectivity index (χ1v) is 8.99. The Morgan fingerprint density at radius 1 is 0.966 bits per heavy atom. The molecule has 1 aliphatic carbocycles. The number of amides is 2. The second-order valence-electron chi connectivity index (χ2n) is 6.68. The van der Waals surface area contributed by atoms with Crippen LogP contribution >= 0.6 is 0 Å². The summed E-state index contributed by atoms with van der Waals surface area (Å²) in [6.07, 6.45) is 6.07. The summed E-state index contributed by atoms with van der Waals surface area (Å²) in [7, 11) is 0. The lowest BCUT2D eigenvalue weighted by Crippen LogP contribution is -2.26. The van der Waals surface area contributed by atoms with Crippen LogP contribution in [0, 0.1) is 11.6 Å². The highest BCUT2D eigenvalue weighted by atomic mass is 19.1. The third-order valence-electron chi connectivity index (χ3n) is 4.46. The molecule has 1 aliphatic rings. The molecule has 0 bridgehead atoms. The van der Waals surface area contributed by atoms with Crippen LogP contribution in [-0.4, -0.2) is 27.8 Å². The fraction of sp³-hybridized carbons (Fsp3) is 0.143. The number of aromatic nitrogens is 2. The predicted octanol–water partition coefficient (Wildman–Crippen LogP) is 3.57. The van der Waals surface area contributed by atoms with Gasteiger partial charge in [0.25, 0.3) is 11.8 Å². The molecule has 1 fully saturated rings. The maximum atomic E-state index is 14.2. The molecule has 1 aromatic carbocycles. The Morgan fingerprint density at radius 2 is 1.79 bits per heavy atom. The van der Waals surface area contributed by atoms with Gasteiger partial charge in [0.2, 0.25) is 0 Å². The van der Waals surface area contributed by atoms with Crippen molar-refractivity contribution in [3.63, 3.8) is 0 Å². The third kappa shape index (κ3) is 4.26. The number of benzene rings is 1. The average molecular weight is 394 g/mol. The molecule has 8 heteroatoms. The smallest absolute Gasteiger partial charge is 0.270 e. The molecule has 146 valence electrons. The van der Waals surface area contributed by atoms with E-state index in [0.717, 1.165) is 25.0 Å². The zero-order chi connectivity index (χ0) is 20.4. The lowest BCUT2D eigenvalue weighted by atomic mass is 10.0. The molecular formula is C21H16F2N4O2. The number of nitrogens with zero attached hydrogens (tertiary/aromatic N) is 2. The van der Waals surface area contributed by atoms with Gasteiger partial charge in [-0.05, 0) is 43.2 Å². The number of halogens is 2. The summed E-state index contributed by atoms with van der Waals surface area (Å²) in [4.78, 5) is 32.8. The minimum Gasteiger partial charge on any atom is -0.348 e. The van der Waals surface area contributed by atoms with Crippen molar-refractivity contribution < 1.29 is 18.4 Å². The fourth-order valence-electron chi connectivity index (χ4n) is 2.81. The van der Waals surface area contributed by atoms with E-state index < -0.39 is 17.5 Å². The highest BCUT2D eigenvalue weighted by Crippen LogP contribution is 2.30. The van der Waals surface area contributed by atoms with E-state index in [1.54, 1.807) is 0 Å². The molecule has 4 rings (SSSR count). The molecule has 3 aromatic rings. The molecule has 2 N–H and O–H groups in total. The maximum Gasteiger partial charge on any atom is 0.270 e. The number of hydrogen-bond donors (Lipinski definition) is 2. The summed E-state index contributed by atoms with van der Waals surface area (Å²) in [5.41, 5.74) is 1.09. The molecule has 2 amide bonds. The second-order valence-corrected chi connectivity index (χ2v) is 6.68. The van der Waals surface area contributed by atoms with Crippen molar-refractivity contribution in [1.29, 1.82) is 0 Å². The molecule has 2 heterocycles. The largest absolute Gasteiger partial charge is 0.348 e. The Labute approximate surface area is 165 Å². The third-order valence-corrected chi connectivity index (χ3v) is 4.46. The number of nitrogens with one attached hydrogen (secondary N) is 2. The zero-order valence-corrected chi connectivity index (χ0v) is 15.2. The number of rotatable bonds is 5. The minimum absolute atomic E-state index is 0.128. The molecular weight excluding hydrogens is 378 g/mol. The minimum atomic E-state index is -0.755. The van der Waals surface area contributed by atoms with E-state index in [-0.39, 0.29) is 34.5 Å². The molecule has 0 atom stereocenters. The molecule has 2 aromatic heterocycles. The van der Waals surface area contributed by atoms with Gasteiger partial charge >= 0.3 is 0 Å². The van der Waals surface area contributed by atoms with Gasteiger partial charge in [0.15, 0.2) is 0 Å². The van der Waals surface area contributed by atoms with Crippen LogP contribution in [0.4, 0.5) is 14.5 Å². The van der Waals surface area contributed by atoms with Gasteiger partial charge in [-0.1, -0.05) is 0 Å². The van der Waals surface area contributed by atoms with Gasteiger partial charge in [-0.15, -0.1) is 0 Å². The van der Waals surface area contributed by atoms with Crippen LogP contribution < -0.4 is 10.6 Å². The van der Waals surface area contributed by atoms with E-state index in [1.807, 2.05) is 0 Å². The van der Waals surface area contributed by atoms with Crippen molar-refractivity contribution in [2.75, 3.05) is 5.32 Å². The summed E-state index contributed by atoms with van der Waals surface area (Å²) in [6.45, 7) is 0. The van der Waals surface area contributed by atoms with E-state index >= 15 is 0 Å². The summed E-state index contributed by atoms with van der Waals surface area (Å²) < 4.78 is 27.4. The number of carbonyl (C=O) groups excluding carboxylic acids is 2. The summed E-state index contributed by atoms with van der Waals surface area (Å²) in [6, 6.07) is 7.76. The van der Waals surface area contributed by atoms with Crippen molar-refractivity contribution in [3.8, 4) is 11.1 Å². The monoisotopic (exact) mass is 394 g/mol. The zero-order valence-electron chi connectivity index (χ0n) is 15.2. The molecule has 0 unspecified atom stereocenters. The van der Waals surface area contributed by atoms with Crippen LogP contribution in [0.1, 0.15) is 33.7 Å². The van der Waals surface area contributed by atoms with E-state index in [9.17, 15) is 18.4 Å². The Bertz CT molecular complexity index is 1100. The number of pyridine rings is 2. The van der Waals surface area contributed by atoms with Gasteiger partial charge in [-0.2, -0.15) is 0 Å². The molecule has 0 aliphatic heterocycles. The molecule has 29 heavy (non-hydrogen) atoms. The van der Waals surface area contributed by atoms with Crippen LogP contribution in [0.5, 0.6) is 0 Å². The fourth-order valence-corrected chi connectivity index (χ4v) is 2.81. The predicted molar refractivity (Wildman–Crippen MR) is 102 cm³/mol. The van der Waals surface area contributed by atoms with Gasteiger partial charge in [0.05, 0.1) is 11.9 Å². The van der Waals surface area contributed by atoms with Crippen LogP contribution in [0.15, 0.2) is 55.0 Å². The van der Waals surface area contributed by atoms with Gasteiger partial charge in [0, 0.05) is 41.2 Å². The second kappa shape index (κ2) is 7.75. The van der Waals surface area contributed by atoms with Gasteiger partial charge in [-0.3, -0.25) is 19.6 Å². The van der Waals surface area contributed by atoms with Crippen LogP contribution in [-0.2, 0) is 0 Å². The van der Waals surface area contributed by atoms with Gasteiger partial charge in [0.1, 0.15) is 17.3 Å². The first-order chi connectivity index (χ1) is 14.0. The van der Waals surface area contributed by atoms with Crippen LogP contribution in [0.3, 0.4) is 0 Å². The quantitative estimate of drug-likeness (QED) is 0.693. The van der Waals surface area contributed by atoms with Gasteiger partial charge < -0.3 is 10.6 Å². The average Bonchev–Trinajstić information content (AvgIpc) is 3.53. The summed E-state index contributed by atoms with van der Waals surface area (Å²) in [5.74, 6) is -2.29. The van der Waals surface area contributed by atoms with Gasteiger partial charge in [-0.25, -0.2) is 8.78 Å². The van der Waals surface area contributed by atoms with E-state index in [0.29, 0.717) is 5.56 Å². The van der Waals surface area contributed by atoms with E-state index in [4.69, 9.17) is 0 Å². The molecule has 6 nitrogen and oxygen atoms in total. The number of carbonyl (C=O) groups is 2. The lowest BCUT2D eigenvalue weighted by Gasteiger charge is -2.12. The normalized spacial score (nSPS) is 13.0. The molecule has 0 radical (unpaired) electrons. The van der Waals surface area contributed by atoms with Crippen molar-refractivity contribution in [2.24, 2.45) is 0 Å². The Kier molecular flexibility index (Phi) is 4.99. The molecule has 0 saturated heterocycles. The first-order valence-electron chi connectivity index (χ1n) is 8.99. The Hall–Kier alpha value is -3.68. The number of anilines is 1. The first kappa shape index (κ1) is 18.7. The van der Waals surface area contributed by atoms with Crippen LogP contribution in [0.25, 0.3) is 11.1 Å². The van der Waals surface area contributed by atoms with Crippen molar-refractivity contribution in [3.05, 3.63) is 77.9 Å². The van der Waals surface area contributed by atoms with E-state index in [2.05, 4.69) is 20.6 Å². The SMILES string of the molecule is O=C(Nc1cnccc1-c1ccc(F)cc1F)c1ccnc(C(=O)NC2CC2)c1. The Balaban J connectivity index is 1.58. The number of hydrogen-bond acceptors (Lipinski definition) is 4. The summed E-state index contributed by atoms with van der Waals surface area (Å²) in [5, 5.41) is 5.48. The van der Waals surface area contributed by atoms with Crippen molar-refractivity contribution in [2.45, 2.75) is 18.9 Å². The maximum absolute atomic E-state index is 14.2. The van der Waals surface area contributed by atoms with Crippen molar-refractivity contribution in [1.82, 2.24) is 15.3 Å². The van der Waals surface area contributed by atoms with E-state index in [1.165, 1.54) is 42.9 Å². The highest BCUT2D eigenvalue weighted by Gasteiger charge is 2.24. The van der Waals surface area contributed by atoms with Crippen LogP contribution in [0.2, 0.25) is 0 Å². The standard InChI is InChI=1S/C21H16F2N4O2/c22-13-1-4-15(17(23)10-13)16-6-7-24-11-19(16)27-20(28)12-5-8-25-18(9-12)21(29)26-14-2-3-14/h1,4-11,14H,2-3H2,(H,26,29)(H,27,28). The Morgan fingerprint density at radius 3 is 2.55 bits per heavy atom. The summed E-state index contributed by atoms with van der Waals surface area (Å²) >= 11 is 0. The lowest BCUT2D eigenvalue weighted by molar-refractivity contribution is 0.0946. The topological polar surface area (TPSA) is 84.0 Å². The highest BCUT2D eigenvalue weighted by molar-refractivity contribution is 6.07.